The van der Waals surface area contributed by atoms with Crippen LogP contribution in [0.5, 0.6) is 0 Å². The fraction of sp³-hybridized carbons (Fsp3) is 0.632. The molecule has 1 aromatic carbocycles. The van der Waals surface area contributed by atoms with Gasteiger partial charge in [-0.1, -0.05) is 37.3 Å². The number of methoxy groups -OCH3 is 2. The third-order valence-electron chi connectivity index (χ3n) is 4.20. The number of hydrogen-bond acceptors (Lipinski definition) is 7. The van der Waals surface area contributed by atoms with Crippen LogP contribution in [0.1, 0.15) is 19.4 Å². The van der Waals surface area contributed by atoms with Gasteiger partial charge in [0.2, 0.25) is 0 Å². The van der Waals surface area contributed by atoms with Gasteiger partial charge in [0.15, 0.2) is 0 Å². The normalized spacial score (nSPS) is 28.7. The van der Waals surface area contributed by atoms with E-state index in [1.165, 1.54) is 6.92 Å². The second kappa shape index (κ2) is 10.9. The van der Waals surface area contributed by atoms with E-state index in [-0.39, 0.29) is 30.2 Å². The van der Waals surface area contributed by atoms with E-state index in [1.54, 1.807) is 26.0 Å². The van der Waals surface area contributed by atoms with Crippen molar-refractivity contribution in [3.8, 4) is 0 Å². The molecular weight excluding hydrogens is 356 g/mol. The molecule has 1 aliphatic rings. The fourth-order valence-electron chi connectivity index (χ4n) is 3.01. The predicted molar refractivity (Wildman–Crippen MR) is 100 cm³/mol. The molecule has 26 heavy (non-hydrogen) atoms. The van der Waals surface area contributed by atoms with Gasteiger partial charge < -0.3 is 23.7 Å². The summed E-state index contributed by atoms with van der Waals surface area (Å²) in [5, 5.41) is 0. The van der Waals surface area contributed by atoms with Crippen molar-refractivity contribution in [1.82, 2.24) is 0 Å². The van der Waals surface area contributed by atoms with Crippen LogP contribution < -0.4 is 0 Å². The second-order valence-corrected chi connectivity index (χ2v) is 7.34. The molecular formula is C19H28O6S. The smallest absolute Gasteiger partial charge is 0.302 e. The first kappa shape index (κ1) is 21.2. The Bertz CT molecular complexity index is 540. The van der Waals surface area contributed by atoms with Crippen molar-refractivity contribution in [3.63, 3.8) is 0 Å². The quantitative estimate of drug-likeness (QED) is 0.607. The van der Waals surface area contributed by atoms with Crippen molar-refractivity contribution in [1.29, 1.82) is 0 Å². The largest absolute Gasteiger partial charge is 0.463 e. The first-order valence-corrected chi connectivity index (χ1v) is 9.77. The summed E-state index contributed by atoms with van der Waals surface area (Å²) in [5.41, 5.74) is 0.847. The van der Waals surface area contributed by atoms with E-state index >= 15 is 0 Å². The van der Waals surface area contributed by atoms with Gasteiger partial charge in [0, 0.05) is 21.1 Å². The van der Waals surface area contributed by atoms with Crippen LogP contribution in [0.4, 0.5) is 0 Å². The lowest BCUT2D eigenvalue weighted by atomic mass is 9.99. The molecule has 0 amide bonds. The number of ether oxygens (including phenoxy) is 5. The Balaban J connectivity index is 2.13. The highest BCUT2D eigenvalue weighted by atomic mass is 32.2. The maximum absolute atomic E-state index is 11.2. The second-order valence-electron chi connectivity index (χ2n) is 5.96. The highest BCUT2D eigenvalue weighted by Gasteiger charge is 2.47. The molecule has 0 aromatic heterocycles. The third-order valence-corrected chi connectivity index (χ3v) is 5.24. The molecule has 6 nitrogen and oxygen atoms in total. The standard InChI is InChI=1S/C19H28O6S/c1-5-26-19-18(24-11-14-9-7-6-8-10-14)17(22-4)16(21-3)15(25-19)12-23-13(2)20/h6-10,15-19H,5,11-12H2,1-4H3/t15-,16-,17+,18-,19?/m1/s1. The van der Waals surface area contributed by atoms with Crippen LogP contribution in [0.25, 0.3) is 0 Å². The number of carbonyl (C=O) groups excluding carboxylic acids is 1. The van der Waals surface area contributed by atoms with Crippen LogP contribution in [0, 0.1) is 0 Å². The number of thioether (sulfide) groups is 1. The molecule has 2 rings (SSSR count). The fourth-order valence-corrected chi connectivity index (χ4v) is 3.98. The molecule has 5 atom stereocenters. The Morgan fingerprint density at radius 3 is 2.38 bits per heavy atom. The molecule has 1 aliphatic heterocycles. The number of benzene rings is 1. The molecule has 1 heterocycles. The summed E-state index contributed by atoms with van der Waals surface area (Å²) in [6.07, 6.45) is -1.44. The van der Waals surface area contributed by atoms with E-state index in [0.717, 1.165) is 11.3 Å². The van der Waals surface area contributed by atoms with Crippen LogP contribution >= 0.6 is 11.8 Å². The Kier molecular flexibility index (Phi) is 8.87. The van der Waals surface area contributed by atoms with Crippen LogP contribution in [0.3, 0.4) is 0 Å². The van der Waals surface area contributed by atoms with Gasteiger partial charge in [-0.15, -0.1) is 11.8 Å². The highest BCUT2D eigenvalue weighted by molar-refractivity contribution is 7.99. The van der Waals surface area contributed by atoms with Gasteiger partial charge in [0.05, 0.1) is 6.61 Å². The summed E-state index contributed by atoms with van der Waals surface area (Å²) in [6.45, 7) is 4.02. The SMILES string of the molecule is CCSC1O[C@H](COC(C)=O)[C@@H](OC)[C@H](OC)[C@H]1OCc1ccccc1. The van der Waals surface area contributed by atoms with Gasteiger partial charge in [-0.05, 0) is 11.3 Å². The van der Waals surface area contributed by atoms with Crippen LogP contribution in [-0.4, -0.2) is 62.4 Å². The summed E-state index contributed by atoms with van der Waals surface area (Å²) < 4.78 is 28.8. The van der Waals surface area contributed by atoms with E-state index in [9.17, 15) is 4.79 Å². The molecule has 0 saturated carbocycles. The van der Waals surface area contributed by atoms with Crippen molar-refractivity contribution < 1.29 is 28.5 Å². The zero-order valence-corrected chi connectivity index (χ0v) is 16.6. The summed E-state index contributed by atoms with van der Waals surface area (Å²) in [7, 11) is 3.24. The first-order valence-electron chi connectivity index (χ1n) is 8.72. The highest BCUT2D eigenvalue weighted by Crippen LogP contribution is 2.33. The van der Waals surface area contributed by atoms with E-state index in [4.69, 9.17) is 23.7 Å². The number of carbonyl (C=O) groups is 1. The molecule has 7 heteroatoms. The topological polar surface area (TPSA) is 63.2 Å². The molecule has 1 saturated heterocycles. The summed E-state index contributed by atoms with van der Waals surface area (Å²) in [4.78, 5) is 11.2. The van der Waals surface area contributed by atoms with Crippen LogP contribution in [0.2, 0.25) is 0 Å². The van der Waals surface area contributed by atoms with Gasteiger partial charge in [0.25, 0.3) is 0 Å². The number of esters is 1. The minimum Gasteiger partial charge on any atom is -0.463 e. The first-order chi connectivity index (χ1) is 12.6. The Labute approximate surface area is 159 Å². The minimum atomic E-state index is -0.408. The van der Waals surface area contributed by atoms with Crippen molar-refractivity contribution in [2.45, 2.75) is 50.3 Å². The van der Waals surface area contributed by atoms with Gasteiger partial charge in [-0.3, -0.25) is 4.79 Å². The molecule has 1 fully saturated rings. The van der Waals surface area contributed by atoms with Gasteiger partial charge in [-0.2, -0.15) is 0 Å². The maximum Gasteiger partial charge on any atom is 0.302 e. The third kappa shape index (κ3) is 5.69. The van der Waals surface area contributed by atoms with E-state index < -0.39 is 12.2 Å². The monoisotopic (exact) mass is 384 g/mol. The Morgan fingerprint density at radius 2 is 1.81 bits per heavy atom. The molecule has 1 aromatic rings. The Morgan fingerprint density at radius 1 is 1.12 bits per heavy atom. The number of hydrogen-bond donors (Lipinski definition) is 0. The van der Waals surface area contributed by atoms with Crippen LogP contribution in [0.15, 0.2) is 30.3 Å². The van der Waals surface area contributed by atoms with E-state index in [1.807, 2.05) is 30.3 Å². The molecule has 0 N–H and O–H groups in total. The molecule has 1 unspecified atom stereocenters. The number of rotatable bonds is 9. The minimum absolute atomic E-state index is 0.125. The maximum atomic E-state index is 11.2. The molecule has 0 radical (unpaired) electrons. The predicted octanol–water partition coefficient (Wildman–Crippen LogP) is 2.64. The van der Waals surface area contributed by atoms with Crippen molar-refractivity contribution >= 4 is 17.7 Å². The zero-order valence-electron chi connectivity index (χ0n) is 15.8. The van der Waals surface area contributed by atoms with Crippen molar-refractivity contribution in [2.75, 3.05) is 26.6 Å². The van der Waals surface area contributed by atoms with Gasteiger partial charge >= 0.3 is 5.97 Å². The molecule has 0 aliphatic carbocycles. The summed E-state index contributed by atoms with van der Waals surface area (Å²) in [6, 6.07) is 9.97. The van der Waals surface area contributed by atoms with Crippen molar-refractivity contribution in [2.24, 2.45) is 0 Å². The van der Waals surface area contributed by atoms with Gasteiger partial charge in [-0.25, -0.2) is 0 Å². The van der Waals surface area contributed by atoms with E-state index in [0.29, 0.717) is 6.61 Å². The van der Waals surface area contributed by atoms with Crippen molar-refractivity contribution in [3.05, 3.63) is 35.9 Å². The summed E-state index contributed by atoms with van der Waals surface area (Å²) in [5.74, 6) is 0.518. The zero-order chi connectivity index (χ0) is 18.9. The van der Waals surface area contributed by atoms with Crippen LogP contribution in [-0.2, 0) is 35.1 Å². The molecule has 0 spiro atoms. The van der Waals surface area contributed by atoms with Gasteiger partial charge in [0.1, 0.15) is 36.5 Å². The van der Waals surface area contributed by atoms with E-state index in [2.05, 4.69) is 6.92 Å². The summed E-state index contributed by atoms with van der Waals surface area (Å²) >= 11 is 1.64. The lowest BCUT2D eigenvalue weighted by Crippen LogP contribution is -2.60. The molecule has 0 bridgehead atoms. The lowest BCUT2D eigenvalue weighted by molar-refractivity contribution is -0.237. The average molecular weight is 384 g/mol. The Hall–Kier alpha value is -1.12. The molecule has 146 valence electrons. The average Bonchev–Trinajstić information content (AvgIpc) is 2.65. The lowest BCUT2D eigenvalue weighted by Gasteiger charge is -2.44.